The molecule has 1 aromatic carbocycles. The van der Waals surface area contributed by atoms with Crippen LogP contribution < -0.4 is 11.1 Å². The van der Waals surface area contributed by atoms with Gasteiger partial charge >= 0.3 is 5.76 Å². The standard InChI is InChI=1S/C14H12ClN3O4/c1-8-6-12(17-22-8)16-13(19)4-5-18-10-7-9(15)2-3-11(10)21-14(18)20/h2-3,6-7H,4-5H2,1H3,(H,16,17,19). The van der Waals surface area contributed by atoms with Crippen molar-refractivity contribution < 1.29 is 13.7 Å². The number of benzene rings is 1. The van der Waals surface area contributed by atoms with Crippen LogP contribution in [-0.4, -0.2) is 15.6 Å². The van der Waals surface area contributed by atoms with Crippen LogP contribution in [0.4, 0.5) is 5.82 Å². The molecule has 2 aromatic heterocycles. The maximum atomic E-state index is 11.9. The molecule has 0 saturated heterocycles. The van der Waals surface area contributed by atoms with E-state index < -0.39 is 5.76 Å². The minimum atomic E-state index is -0.526. The second-order valence-corrected chi connectivity index (χ2v) is 5.19. The van der Waals surface area contributed by atoms with Crippen LogP contribution in [0.5, 0.6) is 0 Å². The average molecular weight is 322 g/mol. The number of carbonyl (C=O) groups excluding carboxylic acids is 1. The number of oxazole rings is 1. The summed E-state index contributed by atoms with van der Waals surface area (Å²) in [5.74, 6) is 0.135. The molecule has 0 atom stereocenters. The van der Waals surface area contributed by atoms with E-state index in [2.05, 4.69) is 10.5 Å². The molecule has 0 fully saturated rings. The zero-order valence-corrected chi connectivity index (χ0v) is 12.4. The lowest BCUT2D eigenvalue weighted by Gasteiger charge is -2.02. The van der Waals surface area contributed by atoms with Crippen LogP contribution in [0.2, 0.25) is 5.02 Å². The van der Waals surface area contributed by atoms with Crippen LogP contribution in [0.15, 0.2) is 38.0 Å². The number of halogens is 1. The smallest absolute Gasteiger partial charge is 0.408 e. The topological polar surface area (TPSA) is 90.3 Å². The highest BCUT2D eigenvalue weighted by atomic mass is 35.5. The lowest BCUT2D eigenvalue weighted by atomic mass is 10.3. The van der Waals surface area contributed by atoms with Crippen molar-refractivity contribution in [3.8, 4) is 0 Å². The van der Waals surface area contributed by atoms with Crippen LogP contribution >= 0.6 is 11.6 Å². The molecule has 0 unspecified atom stereocenters. The monoisotopic (exact) mass is 321 g/mol. The highest BCUT2D eigenvalue weighted by Crippen LogP contribution is 2.18. The Morgan fingerprint density at radius 1 is 1.41 bits per heavy atom. The predicted octanol–water partition coefficient (Wildman–Crippen LogP) is 2.57. The zero-order valence-electron chi connectivity index (χ0n) is 11.6. The number of rotatable bonds is 4. The summed E-state index contributed by atoms with van der Waals surface area (Å²) in [6.07, 6.45) is 0.0902. The molecule has 8 heteroatoms. The molecule has 7 nitrogen and oxygen atoms in total. The Bertz CT molecular complexity index is 893. The van der Waals surface area contributed by atoms with Crippen molar-refractivity contribution in [3.63, 3.8) is 0 Å². The minimum Gasteiger partial charge on any atom is -0.408 e. The first-order valence-electron chi connectivity index (χ1n) is 6.55. The van der Waals surface area contributed by atoms with E-state index in [1.165, 1.54) is 4.57 Å². The van der Waals surface area contributed by atoms with Crippen molar-refractivity contribution in [2.45, 2.75) is 19.9 Å². The van der Waals surface area contributed by atoms with E-state index in [4.69, 9.17) is 20.5 Å². The van der Waals surface area contributed by atoms with Gasteiger partial charge in [-0.1, -0.05) is 16.8 Å². The maximum absolute atomic E-state index is 11.9. The molecule has 1 N–H and O–H groups in total. The Kier molecular flexibility index (Phi) is 3.72. The first-order valence-corrected chi connectivity index (χ1v) is 6.93. The van der Waals surface area contributed by atoms with Crippen molar-refractivity contribution in [1.82, 2.24) is 9.72 Å². The number of fused-ring (bicyclic) bond motifs is 1. The molecule has 114 valence electrons. The summed E-state index contributed by atoms with van der Waals surface area (Å²) < 4.78 is 11.3. The van der Waals surface area contributed by atoms with Gasteiger partial charge in [-0.3, -0.25) is 9.36 Å². The fourth-order valence-corrected chi connectivity index (χ4v) is 2.26. The van der Waals surface area contributed by atoms with Gasteiger partial charge < -0.3 is 14.3 Å². The van der Waals surface area contributed by atoms with Crippen molar-refractivity contribution in [2.24, 2.45) is 0 Å². The third-order valence-electron chi connectivity index (χ3n) is 3.09. The highest BCUT2D eigenvalue weighted by Gasteiger charge is 2.12. The summed E-state index contributed by atoms with van der Waals surface area (Å²) in [5, 5.41) is 6.75. The molecular weight excluding hydrogens is 310 g/mol. The van der Waals surface area contributed by atoms with Crippen molar-refractivity contribution >= 4 is 34.4 Å². The van der Waals surface area contributed by atoms with Crippen molar-refractivity contribution in [1.29, 1.82) is 0 Å². The van der Waals surface area contributed by atoms with Gasteiger partial charge in [0.1, 0.15) is 5.76 Å². The van der Waals surface area contributed by atoms with Crippen LogP contribution in [-0.2, 0) is 11.3 Å². The fourth-order valence-electron chi connectivity index (χ4n) is 2.09. The van der Waals surface area contributed by atoms with Crippen LogP contribution in [0, 0.1) is 6.92 Å². The summed E-state index contributed by atoms with van der Waals surface area (Å²) in [4.78, 5) is 23.7. The summed E-state index contributed by atoms with van der Waals surface area (Å²) in [6.45, 7) is 1.90. The Labute approximate surface area is 129 Å². The molecule has 0 radical (unpaired) electrons. The normalized spacial score (nSPS) is 11.0. The third-order valence-corrected chi connectivity index (χ3v) is 3.32. The Balaban J connectivity index is 1.73. The van der Waals surface area contributed by atoms with Gasteiger partial charge in [-0.2, -0.15) is 0 Å². The number of aryl methyl sites for hydroxylation is 2. The lowest BCUT2D eigenvalue weighted by molar-refractivity contribution is -0.116. The minimum absolute atomic E-state index is 0.0902. The number of nitrogens with zero attached hydrogens (tertiary/aromatic N) is 2. The van der Waals surface area contributed by atoms with E-state index in [1.807, 2.05) is 0 Å². The molecule has 22 heavy (non-hydrogen) atoms. The zero-order chi connectivity index (χ0) is 15.7. The molecule has 0 aliphatic rings. The van der Waals surface area contributed by atoms with Crippen molar-refractivity contribution in [3.05, 3.63) is 45.6 Å². The van der Waals surface area contributed by atoms with Crippen LogP contribution in [0.3, 0.4) is 0 Å². The van der Waals surface area contributed by atoms with Gasteiger partial charge in [-0.05, 0) is 25.1 Å². The van der Waals surface area contributed by atoms with Crippen molar-refractivity contribution in [2.75, 3.05) is 5.32 Å². The molecule has 0 bridgehead atoms. The molecular formula is C14H12ClN3O4. The maximum Gasteiger partial charge on any atom is 0.419 e. The van der Waals surface area contributed by atoms with Gasteiger partial charge in [-0.15, -0.1) is 0 Å². The number of nitrogens with one attached hydrogen (secondary N) is 1. The highest BCUT2D eigenvalue weighted by molar-refractivity contribution is 6.31. The van der Waals surface area contributed by atoms with E-state index in [9.17, 15) is 9.59 Å². The van der Waals surface area contributed by atoms with Crippen LogP contribution in [0.25, 0.3) is 11.1 Å². The third kappa shape index (κ3) is 2.89. The second kappa shape index (κ2) is 5.69. The first-order chi connectivity index (χ1) is 10.5. The second-order valence-electron chi connectivity index (χ2n) is 4.75. The average Bonchev–Trinajstić information content (AvgIpc) is 2.99. The lowest BCUT2D eigenvalue weighted by Crippen LogP contribution is -2.19. The number of hydrogen-bond acceptors (Lipinski definition) is 5. The molecule has 0 aliphatic carbocycles. The van der Waals surface area contributed by atoms with E-state index in [0.29, 0.717) is 27.7 Å². The number of carbonyl (C=O) groups is 1. The largest absolute Gasteiger partial charge is 0.419 e. The SMILES string of the molecule is Cc1cc(NC(=O)CCn2c(=O)oc3ccc(Cl)cc32)no1. The van der Waals surface area contributed by atoms with Gasteiger partial charge in [0.25, 0.3) is 0 Å². The number of hydrogen-bond donors (Lipinski definition) is 1. The van der Waals surface area contributed by atoms with E-state index in [-0.39, 0.29) is 18.9 Å². The first kappa shape index (κ1) is 14.4. The summed E-state index contributed by atoms with van der Waals surface area (Å²) >= 11 is 5.92. The summed E-state index contributed by atoms with van der Waals surface area (Å²) in [7, 11) is 0. The Morgan fingerprint density at radius 3 is 2.95 bits per heavy atom. The van der Waals surface area contributed by atoms with E-state index in [1.54, 1.807) is 31.2 Å². The van der Waals surface area contributed by atoms with E-state index in [0.717, 1.165) is 0 Å². The molecule has 0 aliphatic heterocycles. The molecule has 0 spiro atoms. The van der Waals surface area contributed by atoms with Gasteiger partial charge in [0.2, 0.25) is 5.91 Å². The molecule has 3 rings (SSSR count). The number of amides is 1. The van der Waals surface area contributed by atoms with Gasteiger partial charge in [0.15, 0.2) is 11.4 Å². The van der Waals surface area contributed by atoms with Gasteiger partial charge in [0.05, 0.1) is 5.52 Å². The summed E-state index contributed by atoms with van der Waals surface area (Å²) in [6, 6.07) is 6.49. The molecule has 1 amide bonds. The quantitative estimate of drug-likeness (QED) is 0.797. The Morgan fingerprint density at radius 2 is 2.23 bits per heavy atom. The van der Waals surface area contributed by atoms with E-state index >= 15 is 0 Å². The molecule has 2 heterocycles. The molecule has 0 saturated carbocycles. The summed E-state index contributed by atoms with van der Waals surface area (Å²) in [5.41, 5.74) is 0.990. The van der Waals surface area contributed by atoms with Crippen LogP contribution in [0.1, 0.15) is 12.2 Å². The number of anilines is 1. The Hall–Kier alpha value is -2.54. The van der Waals surface area contributed by atoms with Gasteiger partial charge in [0, 0.05) is 24.1 Å². The fraction of sp³-hybridized carbons (Fsp3) is 0.214. The molecule has 3 aromatic rings. The van der Waals surface area contributed by atoms with Gasteiger partial charge in [-0.25, -0.2) is 4.79 Å². The number of aromatic nitrogens is 2. The predicted molar refractivity (Wildman–Crippen MR) is 80.0 cm³/mol.